The molecule has 0 aliphatic rings. The number of aryl methyl sites for hydroxylation is 1. The predicted molar refractivity (Wildman–Crippen MR) is 87.9 cm³/mol. The van der Waals surface area contributed by atoms with Gasteiger partial charge in [0.15, 0.2) is 0 Å². The zero-order chi connectivity index (χ0) is 14.8. The maximum Gasteiger partial charge on any atom is 0.121 e. The average Bonchev–Trinajstić information content (AvgIpc) is 2.78. The van der Waals surface area contributed by atoms with Gasteiger partial charge in [-0.05, 0) is 25.1 Å². The molecular weight excluding hydrogens is 260 g/mol. The van der Waals surface area contributed by atoms with E-state index < -0.39 is 0 Å². The Morgan fingerprint density at radius 1 is 1.10 bits per heavy atom. The minimum atomic E-state index is 0.819. The highest BCUT2D eigenvalue weighted by Gasteiger charge is 2.09. The smallest absolute Gasteiger partial charge is 0.121 e. The molecule has 0 unspecified atom stereocenters. The third kappa shape index (κ3) is 2.42. The third-order valence-electron chi connectivity index (χ3n) is 3.84. The second-order valence-corrected chi connectivity index (χ2v) is 5.03. The van der Waals surface area contributed by atoms with Crippen molar-refractivity contribution in [2.75, 3.05) is 7.11 Å². The van der Waals surface area contributed by atoms with Gasteiger partial charge in [0.1, 0.15) is 5.75 Å². The molecule has 21 heavy (non-hydrogen) atoms. The van der Waals surface area contributed by atoms with Gasteiger partial charge in [0.25, 0.3) is 0 Å². The maximum atomic E-state index is 5.23. The summed E-state index contributed by atoms with van der Waals surface area (Å²) in [6, 6.07) is 16.1. The van der Waals surface area contributed by atoms with Gasteiger partial charge in [-0.3, -0.25) is 4.99 Å². The van der Waals surface area contributed by atoms with E-state index >= 15 is 0 Å². The molecule has 3 aromatic rings. The molecule has 3 rings (SSSR count). The first kappa shape index (κ1) is 13.4. The largest absolute Gasteiger partial charge is 0.497 e. The van der Waals surface area contributed by atoms with Crippen LogP contribution < -0.4 is 4.74 Å². The van der Waals surface area contributed by atoms with Gasteiger partial charge in [-0.25, -0.2) is 0 Å². The van der Waals surface area contributed by atoms with E-state index in [-0.39, 0.29) is 0 Å². The van der Waals surface area contributed by atoms with E-state index in [1.807, 2.05) is 30.5 Å². The normalized spacial score (nSPS) is 11.4. The van der Waals surface area contributed by atoms with E-state index in [0.717, 1.165) is 17.0 Å². The number of methoxy groups -OCH3 is 1. The SMILES string of the molecule is COc1cccc(N=Cc2c(C)n(C)c3ccccc23)c1. The Hall–Kier alpha value is -2.55. The van der Waals surface area contributed by atoms with Crippen LogP contribution in [-0.4, -0.2) is 17.9 Å². The van der Waals surface area contributed by atoms with E-state index in [1.54, 1.807) is 7.11 Å². The van der Waals surface area contributed by atoms with Crippen molar-refractivity contribution in [3.63, 3.8) is 0 Å². The van der Waals surface area contributed by atoms with Crippen LogP contribution in [0.2, 0.25) is 0 Å². The molecule has 0 bridgehead atoms. The third-order valence-corrected chi connectivity index (χ3v) is 3.84. The fourth-order valence-corrected chi connectivity index (χ4v) is 2.54. The number of rotatable bonds is 3. The van der Waals surface area contributed by atoms with Crippen molar-refractivity contribution in [3.8, 4) is 5.75 Å². The highest BCUT2D eigenvalue weighted by Crippen LogP contribution is 2.25. The monoisotopic (exact) mass is 278 g/mol. The van der Waals surface area contributed by atoms with Gasteiger partial charge >= 0.3 is 0 Å². The Morgan fingerprint density at radius 2 is 1.90 bits per heavy atom. The minimum Gasteiger partial charge on any atom is -0.497 e. The van der Waals surface area contributed by atoms with Crippen LogP contribution in [0, 0.1) is 6.92 Å². The number of hydrogen-bond donors (Lipinski definition) is 0. The van der Waals surface area contributed by atoms with Gasteiger partial charge in [-0.2, -0.15) is 0 Å². The van der Waals surface area contributed by atoms with Crippen molar-refractivity contribution in [2.45, 2.75) is 6.92 Å². The van der Waals surface area contributed by atoms with Crippen molar-refractivity contribution < 1.29 is 4.74 Å². The van der Waals surface area contributed by atoms with Gasteiger partial charge in [0.2, 0.25) is 0 Å². The van der Waals surface area contributed by atoms with Crippen molar-refractivity contribution in [1.29, 1.82) is 0 Å². The Morgan fingerprint density at radius 3 is 2.71 bits per heavy atom. The van der Waals surface area contributed by atoms with E-state index in [4.69, 9.17) is 4.74 Å². The summed E-state index contributed by atoms with van der Waals surface area (Å²) in [6.07, 6.45) is 1.94. The van der Waals surface area contributed by atoms with Gasteiger partial charge in [0.05, 0.1) is 12.8 Å². The number of benzene rings is 2. The fraction of sp³-hybridized carbons (Fsp3) is 0.167. The van der Waals surface area contributed by atoms with E-state index in [1.165, 1.54) is 16.6 Å². The highest BCUT2D eigenvalue weighted by atomic mass is 16.5. The lowest BCUT2D eigenvalue weighted by Gasteiger charge is -2.00. The zero-order valence-corrected chi connectivity index (χ0v) is 12.5. The molecule has 1 aromatic heterocycles. The maximum absolute atomic E-state index is 5.23. The first-order chi connectivity index (χ1) is 10.2. The molecule has 0 amide bonds. The molecule has 0 saturated carbocycles. The van der Waals surface area contributed by atoms with Crippen molar-refractivity contribution >= 4 is 22.8 Å². The van der Waals surface area contributed by atoms with Gasteiger partial charge in [-0.1, -0.05) is 24.3 Å². The molecule has 3 nitrogen and oxygen atoms in total. The van der Waals surface area contributed by atoms with Crippen LogP contribution in [0.25, 0.3) is 10.9 Å². The molecule has 0 N–H and O–H groups in total. The molecule has 106 valence electrons. The lowest BCUT2D eigenvalue weighted by atomic mass is 10.1. The van der Waals surface area contributed by atoms with E-state index in [9.17, 15) is 0 Å². The minimum absolute atomic E-state index is 0.819. The number of fused-ring (bicyclic) bond motifs is 1. The Balaban J connectivity index is 2.05. The molecule has 2 aromatic carbocycles. The zero-order valence-electron chi connectivity index (χ0n) is 12.5. The van der Waals surface area contributed by atoms with Crippen LogP contribution in [0.4, 0.5) is 5.69 Å². The first-order valence-corrected chi connectivity index (χ1v) is 6.93. The van der Waals surface area contributed by atoms with Crippen LogP contribution in [0.15, 0.2) is 53.5 Å². The topological polar surface area (TPSA) is 26.5 Å². The summed E-state index contributed by atoms with van der Waals surface area (Å²) in [5, 5.41) is 1.23. The number of nitrogens with zero attached hydrogens (tertiary/aromatic N) is 2. The molecule has 0 fully saturated rings. The van der Waals surface area contributed by atoms with Crippen LogP contribution in [0.5, 0.6) is 5.75 Å². The molecule has 0 aliphatic carbocycles. The second-order valence-electron chi connectivity index (χ2n) is 5.03. The number of aromatic nitrogens is 1. The van der Waals surface area contributed by atoms with Gasteiger partial charge in [-0.15, -0.1) is 0 Å². The van der Waals surface area contributed by atoms with E-state index in [0.29, 0.717) is 0 Å². The molecule has 3 heteroatoms. The standard InChI is InChI=1S/C18H18N2O/c1-13-17(16-9-4-5-10-18(16)20(13)2)12-19-14-7-6-8-15(11-14)21-3/h4-12H,1-3H3. The van der Waals surface area contributed by atoms with E-state index in [2.05, 4.69) is 47.8 Å². The first-order valence-electron chi connectivity index (χ1n) is 6.93. The lowest BCUT2D eigenvalue weighted by molar-refractivity contribution is 0.415. The van der Waals surface area contributed by atoms with Crippen LogP contribution >= 0.6 is 0 Å². The summed E-state index contributed by atoms with van der Waals surface area (Å²) in [5.74, 6) is 0.819. The number of ether oxygens (including phenoxy) is 1. The molecule has 0 radical (unpaired) electrons. The summed E-state index contributed by atoms with van der Waals surface area (Å²) >= 11 is 0. The van der Waals surface area contributed by atoms with Crippen molar-refractivity contribution in [2.24, 2.45) is 12.0 Å². The Labute approximate surface area is 124 Å². The highest BCUT2D eigenvalue weighted by molar-refractivity contribution is 6.01. The average molecular weight is 278 g/mol. The molecule has 0 saturated heterocycles. The molecule has 0 spiro atoms. The Bertz CT molecular complexity index is 815. The molecule has 1 heterocycles. The van der Waals surface area contributed by atoms with Crippen molar-refractivity contribution in [3.05, 3.63) is 59.8 Å². The van der Waals surface area contributed by atoms with Gasteiger partial charge in [0, 0.05) is 41.5 Å². The van der Waals surface area contributed by atoms with Crippen LogP contribution in [0.3, 0.4) is 0 Å². The van der Waals surface area contributed by atoms with Crippen molar-refractivity contribution in [1.82, 2.24) is 4.57 Å². The number of aliphatic imine (C=N–C) groups is 1. The summed E-state index contributed by atoms with van der Waals surface area (Å²) < 4.78 is 7.42. The summed E-state index contributed by atoms with van der Waals surface area (Å²) in [6.45, 7) is 2.12. The second kappa shape index (κ2) is 5.44. The Kier molecular flexibility index (Phi) is 3.48. The number of para-hydroxylation sites is 1. The number of hydrogen-bond acceptors (Lipinski definition) is 2. The summed E-state index contributed by atoms with van der Waals surface area (Å²) in [4.78, 5) is 4.59. The molecule has 0 atom stereocenters. The van der Waals surface area contributed by atoms with Crippen LogP contribution in [0.1, 0.15) is 11.3 Å². The summed E-state index contributed by atoms with van der Waals surface area (Å²) in [7, 11) is 3.75. The predicted octanol–water partition coefficient (Wildman–Crippen LogP) is 4.25. The fourth-order valence-electron chi connectivity index (χ4n) is 2.54. The lowest BCUT2D eigenvalue weighted by Crippen LogP contribution is -1.91. The molecular formula is C18H18N2O. The quantitative estimate of drug-likeness (QED) is 0.658. The summed E-state index contributed by atoms with van der Waals surface area (Å²) in [5.41, 5.74) is 4.49. The molecule has 0 aliphatic heterocycles. The van der Waals surface area contributed by atoms with Gasteiger partial charge < -0.3 is 9.30 Å². The van der Waals surface area contributed by atoms with Crippen LogP contribution in [-0.2, 0) is 7.05 Å².